The average Bonchev–Trinajstić information content (AvgIpc) is 2.35. The third-order valence-electron chi connectivity index (χ3n) is 2.16. The summed E-state index contributed by atoms with van der Waals surface area (Å²) in [5, 5.41) is 1.93. The fourth-order valence-electron chi connectivity index (χ4n) is 1.19. The van der Waals surface area contributed by atoms with Gasteiger partial charge in [0.15, 0.2) is 0 Å². The maximum absolute atomic E-state index is 10.5. The summed E-state index contributed by atoms with van der Waals surface area (Å²) in [6, 6.07) is 0. The minimum absolute atomic E-state index is 0.231. The summed E-state index contributed by atoms with van der Waals surface area (Å²) in [7, 11) is 0. The maximum Gasteiger partial charge on any atom is 0.221 e. The van der Waals surface area contributed by atoms with Crippen molar-refractivity contribution < 1.29 is 4.79 Å². The topological polar surface area (TPSA) is 17.1 Å². The first-order valence-corrected chi connectivity index (χ1v) is 5.59. The van der Waals surface area contributed by atoms with Gasteiger partial charge in [0.1, 0.15) is 0 Å². The molecule has 0 N–H and O–H groups in total. The van der Waals surface area contributed by atoms with E-state index in [1.807, 2.05) is 0 Å². The van der Waals surface area contributed by atoms with Crippen molar-refractivity contribution in [3.05, 3.63) is 21.4 Å². The number of rotatable bonds is 4. The van der Waals surface area contributed by atoms with Crippen LogP contribution in [0.5, 0.6) is 0 Å². The lowest BCUT2D eigenvalue weighted by atomic mass is 10.1. The SMILES string of the molecule is Cc1csc(CCCC(=O)Cl)c1C. The van der Waals surface area contributed by atoms with E-state index in [1.165, 1.54) is 16.0 Å². The lowest BCUT2D eigenvalue weighted by Gasteiger charge is -1.97. The molecule has 1 heterocycles. The number of thiophene rings is 1. The largest absolute Gasteiger partial charge is 0.281 e. The van der Waals surface area contributed by atoms with E-state index in [0.717, 1.165) is 12.8 Å². The third-order valence-corrected chi connectivity index (χ3v) is 3.62. The highest BCUT2D eigenvalue weighted by atomic mass is 35.5. The Morgan fingerprint density at radius 1 is 1.54 bits per heavy atom. The Bertz CT molecular complexity index is 304. The molecule has 3 heteroatoms. The molecular weight excluding hydrogens is 204 g/mol. The monoisotopic (exact) mass is 216 g/mol. The van der Waals surface area contributed by atoms with Gasteiger partial charge in [-0.05, 0) is 54.8 Å². The summed E-state index contributed by atoms with van der Waals surface area (Å²) in [4.78, 5) is 11.9. The van der Waals surface area contributed by atoms with Crippen molar-refractivity contribution in [1.29, 1.82) is 0 Å². The molecule has 0 bridgehead atoms. The van der Waals surface area contributed by atoms with Crippen LogP contribution in [-0.4, -0.2) is 5.24 Å². The Morgan fingerprint density at radius 2 is 2.23 bits per heavy atom. The van der Waals surface area contributed by atoms with E-state index in [0.29, 0.717) is 6.42 Å². The fourth-order valence-corrected chi connectivity index (χ4v) is 2.42. The van der Waals surface area contributed by atoms with Crippen LogP contribution in [0.15, 0.2) is 5.38 Å². The highest BCUT2D eigenvalue weighted by molar-refractivity contribution is 7.10. The van der Waals surface area contributed by atoms with Crippen molar-refractivity contribution in [1.82, 2.24) is 0 Å². The summed E-state index contributed by atoms with van der Waals surface area (Å²) in [5.41, 5.74) is 2.71. The van der Waals surface area contributed by atoms with E-state index in [9.17, 15) is 4.79 Å². The highest BCUT2D eigenvalue weighted by Crippen LogP contribution is 2.22. The zero-order valence-electron chi connectivity index (χ0n) is 7.89. The molecule has 72 valence electrons. The van der Waals surface area contributed by atoms with Crippen molar-refractivity contribution in [3.8, 4) is 0 Å². The summed E-state index contributed by atoms with van der Waals surface area (Å²) < 4.78 is 0. The van der Waals surface area contributed by atoms with Crippen molar-refractivity contribution >= 4 is 28.2 Å². The molecule has 0 spiro atoms. The zero-order chi connectivity index (χ0) is 9.84. The summed E-state index contributed by atoms with van der Waals surface area (Å²) in [6.45, 7) is 4.24. The van der Waals surface area contributed by atoms with Crippen LogP contribution in [0.3, 0.4) is 0 Å². The van der Waals surface area contributed by atoms with Crippen LogP contribution in [-0.2, 0) is 11.2 Å². The van der Waals surface area contributed by atoms with Gasteiger partial charge in [-0.3, -0.25) is 4.79 Å². The van der Waals surface area contributed by atoms with Crippen LogP contribution in [0.2, 0.25) is 0 Å². The minimum Gasteiger partial charge on any atom is -0.281 e. The summed E-state index contributed by atoms with van der Waals surface area (Å²) in [6.07, 6.45) is 2.32. The van der Waals surface area contributed by atoms with Gasteiger partial charge in [-0.25, -0.2) is 0 Å². The number of hydrogen-bond donors (Lipinski definition) is 0. The summed E-state index contributed by atoms with van der Waals surface area (Å²) >= 11 is 7.03. The Labute approximate surface area is 87.7 Å². The van der Waals surface area contributed by atoms with Crippen molar-refractivity contribution in [3.63, 3.8) is 0 Å². The van der Waals surface area contributed by atoms with Crippen LogP contribution in [0, 0.1) is 13.8 Å². The number of halogens is 1. The second kappa shape index (κ2) is 4.77. The molecule has 0 saturated heterocycles. The molecule has 0 aliphatic rings. The smallest absolute Gasteiger partial charge is 0.221 e. The number of hydrogen-bond acceptors (Lipinski definition) is 2. The van der Waals surface area contributed by atoms with E-state index in [2.05, 4.69) is 19.2 Å². The van der Waals surface area contributed by atoms with Crippen LogP contribution in [0.1, 0.15) is 28.8 Å². The highest BCUT2D eigenvalue weighted by Gasteiger charge is 2.04. The minimum atomic E-state index is -0.231. The van der Waals surface area contributed by atoms with E-state index >= 15 is 0 Å². The van der Waals surface area contributed by atoms with Gasteiger partial charge < -0.3 is 0 Å². The molecule has 0 saturated carbocycles. The number of carbonyl (C=O) groups is 1. The van der Waals surface area contributed by atoms with Crippen LogP contribution >= 0.6 is 22.9 Å². The number of aryl methyl sites for hydroxylation is 2. The van der Waals surface area contributed by atoms with Gasteiger partial charge >= 0.3 is 0 Å². The molecular formula is C10H13ClOS. The molecule has 0 aromatic carbocycles. The van der Waals surface area contributed by atoms with Crippen LogP contribution in [0.4, 0.5) is 0 Å². The predicted octanol–water partition coefficient (Wildman–Crippen LogP) is 3.45. The second-order valence-corrected chi connectivity index (χ2v) is 4.56. The molecule has 1 rings (SSSR count). The Hall–Kier alpha value is -0.340. The molecule has 1 aromatic rings. The molecule has 0 radical (unpaired) electrons. The normalized spacial score (nSPS) is 10.4. The zero-order valence-corrected chi connectivity index (χ0v) is 9.47. The molecule has 13 heavy (non-hydrogen) atoms. The van der Waals surface area contributed by atoms with Gasteiger partial charge in [0, 0.05) is 11.3 Å². The Kier molecular flexibility index (Phi) is 3.94. The first-order chi connectivity index (χ1) is 6.11. The third kappa shape index (κ3) is 3.12. The molecule has 0 amide bonds. The van der Waals surface area contributed by atoms with Crippen molar-refractivity contribution in [2.45, 2.75) is 33.1 Å². The predicted molar refractivity (Wildman–Crippen MR) is 57.6 cm³/mol. The van der Waals surface area contributed by atoms with Crippen molar-refractivity contribution in [2.75, 3.05) is 0 Å². The fraction of sp³-hybridized carbons (Fsp3) is 0.500. The first-order valence-electron chi connectivity index (χ1n) is 4.33. The summed E-state index contributed by atoms with van der Waals surface area (Å²) in [5.74, 6) is 0. The number of carbonyl (C=O) groups excluding carboxylic acids is 1. The Morgan fingerprint density at radius 3 is 2.69 bits per heavy atom. The second-order valence-electron chi connectivity index (χ2n) is 3.18. The maximum atomic E-state index is 10.5. The van der Waals surface area contributed by atoms with E-state index < -0.39 is 0 Å². The standard InChI is InChI=1S/C10H13ClOS/c1-7-6-13-9(8(7)2)4-3-5-10(11)12/h6H,3-5H2,1-2H3. The van der Waals surface area contributed by atoms with Gasteiger partial charge in [0.25, 0.3) is 0 Å². The lowest BCUT2D eigenvalue weighted by molar-refractivity contribution is -0.111. The van der Waals surface area contributed by atoms with Crippen molar-refractivity contribution in [2.24, 2.45) is 0 Å². The molecule has 0 fully saturated rings. The Balaban J connectivity index is 2.45. The van der Waals surface area contributed by atoms with E-state index in [4.69, 9.17) is 11.6 Å². The van der Waals surface area contributed by atoms with Gasteiger partial charge in [0.2, 0.25) is 5.24 Å². The molecule has 1 nitrogen and oxygen atoms in total. The van der Waals surface area contributed by atoms with Gasteiger partial charge in [-0.15, -0.1) is 11.3 Å². The molecule has 0 aliphatic heterocycles. The lowest BCUT2D eigenvalue weighted by Crippen LogP contribution is -1.90. The van der Waals surface area contributed by atoms with Gasteiger partial charge in [0.05, 0.1) is 0 Å². The first kappa shape index (κ1) is 10.7. The molecule has 0 unspecified atom stereocenters. The average molecular weight is 217 g/mol. The van der Waals surface area contributed by atoms with Gasteiger partial charge in [-0.2, -0.15) is 0 Å². The molecule has 1 aromatic heterocycles. The quantitative estimate of drug-likeness (QED) is 0.705. The molecule has 0 atom stereocenters. The van der Waals surface area contributed by atoms with E-state index in [-0.39, 0.29) is 5.24 Å². The van der Waals surface area contributed by atoms with E-state index in [1.54, 1.807) is 11.3 Å². The molecule has 0 aliphatic carbocycles. The van der Waals surface area contributed by atoms with Crippen LogP contribution in [0.25, 0.3) is 0 Å². The van der Waals surface area contributed by atoms with Gasteiger partial charge in [-0.1, -0.05) is 0 Å². The van der Waals surface area contributed by atoms with Crippen LogP contribution < -0.4 is 0 Å².